The highest BCUT2D eigenvalue weighted by molar-refractivity contribution is 5.45. The fourth-order valence-corrected chi connectivity index (χ4v) is 14.2. The van der Waals surface area contributed by atoms with Crippen LogP contribution in [0.5, 0.6) is 0 Å². The van der Waals surface area contributed by atoms with E-state index in [4.69, 9.17) is 0 Å². The minimum atomic E-state index is -0.583. The van der Waals surface area contributed by atoms with Crippen LogP contribution < -0.4 is 5.32 Å². The molecule has 7 fully saturated rings. The molecule has 5 nitrogen and oxygen atoms in total. The lowest BCUT2D eigenvalue weighted by molar-refractivity contribution is -0.180. The molecule has 45 heavy (non-hydrogen) atoms. The van der Waals surface area contributed by atoms with Crippen molar-refractivity contribution in [3.05, 3.63) is 29.8 Å². The second-order valence-electron chi connectivity index (χ2n) is 18.4. The molecule has 1 aromatic carbocycles. The Labute approximate surface area is 272 Å². The second kappa shape index (κ2) is 11.2. The van der Waals surface area contributed by atoms with Crippen LogP contribution in [0.15, 0.2) is 24.3 Å². The first-order valence-corrected chi connectivity index (χ1v) is 19.1. The van der Waals surface area contributed by atoms with Crippen LogP contribution in [-0.2, 0) is 6.42 Å². The van der Waals surface area contributed by atoms with E-state index in [0.29, 0.717) is 47.5 Å². The normalized spacial score (nSPS) is 52.4. The van der Waals surface area contributed by atoms with E-state index in [2.05, 4.69) is 55.3 Å². The molecule has 0 radical (unpaired) electrons. The van der Waals surface area contributed by atoms with Crippen molar-refractivity contribution in [2.24, 2.45) is 64.1 Å². The standard InChI is InChI=1S/C40H62N2O3/c1-24-8-13-36-39(3,45)32-12-11-28-29(31(32)22-42(36)21-24)17-33-30(28)18-35(43)34-19-37(44)40(23-38(33,34)2)15-14-26(20-40)10-9-25-6-5-7-27(16-25)41-4/h5-7,16,24,26,28-37,41,43-45H,8-15,17-23H2,1-4H3. The number of anilines is 1. The zero-order chi connectivity index (χ0) is 31.3. The van der Waals surface area contributed by atoms with Crippen molar-refractivity contribution in [3.8, 4) is 0 Å². The van der Waals surface area contributed by atoms with E-state index in [1.807, 2.05) is 7.05 Å². The van der Waals surface area contributed by atoms with Crippen LogP contribution in [0.2, 0.25) is 0 Å². The zero-order valence-corrected chi connectivity index (χ0v) is 28.6. The summed E-state index contributed by atoms with van der Waals surface area (Å²) in [6.07, 6.45) is 14.2. The summed E-state index contributed by atoms with van der Waals surface area (Å²) in [5.74, 6) is 5.28. The lowest BCUT2D eigenvalue weighted by Gasteiger charge is -2.60. The van der Waals surface area contributed by atoms with E-state index >= 15 is 0 Å². The average molecular weight is 619 g/mol. The molecular weight excluding hydrogens is 556 g/mol. The number of nitrogens with one attached hydrogen (secondary N) is 1. The fourth-order valence-electron chi connectivity index (χ4n) is 14.2. The highest BCUT2D eigenvalue weighted by Crippen LogP contribution is 2.70. The molecule has 15 unspecified atom stereocenters. The van der Waals surface area contributed by atoms with Crippen molar-refractivity contribution in [1.82, 2.24) is 4.90 Å². The molecule has 2 saturated heterocycles. The number of piperidine rings is 2. The molecule has 5 saturated carbocycles. The van der Waals surface area contributed by atoms with E-state index in [9.17, 15) is 15.3 Å². The van der Waals surface area contributed by atoms with Crippen LogP contribution in [0.25, 0.3) is 0 Å². The van der Waals surface area contributed by atoms with Crippen molar-refractivity contribution in [3.63, 3.8) is 0 Å². The van der Waals surface area contributed by atoms with Gasteiger partial charge >= 0.3 is 0 Å². The largest absolute Gasteiger partial charge is 0.393 e. The predicted octanol–water partition coefficient (Wildman–Crippen LogP) is 6.75. The smallest absolute Gasteiger partial charge is 0.0805 e. The van der Waals surface area contributed by atoms with Crippen molar-refractivity contribution in [2.75, 3.05) is 25.5 Å². The fraction of sp³-hybridized carbons (Fsp3) is 0.850. The van der Waals surface area contributed by atoms with Crippen LogP contribution >= 0.6 is 0 Å². The van der Waals surface area contributed by atoms with Crippen molar-refractivity contribution in [1.29, 1.82) is 0 Å². The van der Waals surface area contributed by atoms with Gasteiger partial charge in [0.05, 0.1) is 17.8 Å². The molecule has 7 aliphatic rings. The van der Waals surface area contributed by atoms with Crippen LogP contribution in [0.1, 0.15) is 103 Å². The minimum absolute atomic E-state index is 0.0202. The third-order valence-corrected chi connectivity index (χ3v) is 16.2. The van der Waals surface area contributed by atoms with E-state index < -0.39 is 5.60 Å². The molecule has 5 heteroatoms. The molecule has 0 amide bonds. The van der Waals surface area contributed by atoms with Gasteiger partial charge in [-0.3, -0.25) is 4.90 Å². The van der Waals surface area contributed by atoms with Gasteiger partial charge in [0, 0.05) is 31.9 Å². The number of fused-ring (bicyclic) bond motifs is 8. The quantitative estimate of drug-likeness (QED) is 0.301. The second-order valence-corrected chi connectivity index (χ2v) is 18.4. The number of rotatable bonds is 4. The SMILES string of the molecule is CNc1cccc(CCC2CCC3(C2)CC2(C)C(CC3O)C(O)CC3C4CCC5C(CN6CC(C)CCC6C5(C)O)C4CC32)c1. The first-order valence-electron chi connectivity index (χ1n) is 19.1. The van der Waals surface area contributed by atoms with Gasteiger partial charge in [0.2, 0.25) is 0 Å². The molecule has 1 spiro atoms. The monoisotopic (exact) mass is 618 g/mol. The molecule has 8 rings (SSSR count). The molecule has 15 atom stereocenters. The summed E-state index contributed by atoms with van der Waals surface area (Å²) >= 11 is 0. The lowest BCUT2D eigenvalue weighted by Crippen LogP contribution is -2.67. The maximum Gasteiger partial charge on any atom is 0.0805 e. The third-order valence-electron chi connectivity index (χ3n) is 16.2. The molecule has 250 valence electrons. The van der Waals surface area contributed by atoms with E-state index in [-0.39, 0.29) is 29.0 Å². The van der Waals surface area contributed by atoms with Gasteiger partial charge in [-0.1, -0.05) is 26.0 Å². The Bertz CT molecular complexity index is 1250. The Balaban J connectivity index is 1.02. The van der Waals surface area contributed by atoms with Gasteiger partial charge < -0.3 is 20.6 Å². The summed E-state index contributed by atoms with van der Waals surface area (Å²) in [4.78, 5) is 2.71. The molecular formula is C40H62N2O3. The number of hydrogen-bond acceptors (Lipinski definition) is 5. The molecule has 5 aliphatic carbocycles. The van der Waals surface area contributed by atoms with E-state index in [1.54, 1.807) is 0 Å². The maximum absolute atomic E-state index is 12.1. The molecule has 1 aromatic rings. The maximum atomic E-state index is 12.1. The molecule has 4 N–H and O–H groups in total. The van der Waals surface area contributed by atoms with Gasteiger partial charge in [0.1, 0.15) is 0 Å². The molecule has 2 heterocycles. The first-order chi connectivity index (χ1) is 21.5. The highest BCUT2D eigenvalue weighted by atomic mass is 16.3. The van der Waals surface area contributed by atoms with Gasteiger partial charge in [-0.25, -0.2) is 0 Å². The van der Waals surface area contributed by atoms with E-state index in [1.165, 1.54) is 56.3 Å². The number of nitrogens with zero attached hydrogens (tertiary/aromatic N) is 1. The van der Waals surface area contributed by atoms with Gasteiger partial charge in [0.25, 0.3) is 0 Å². The topological polar surface area (TPSA) is 76.0 Å². The molecule has 2 aliphatic heterocycles. The average Bonchev–Trinajstić information content (AvgIpc) is 3.60. The van der Waals surface area contributed by atoms with E-state index in [0.717, 1.165) is 57.4 Å². The number of hydrogen-bond donors (Lipinski definition) is 4. The van der Waals surface area contributed by atoms with Crippen LogP contribution in [0.4, 0.5) is 5.69 Å². The van der Waals surface area contributed by atoms with Gasteiger partial charge in [-0.05, 0) is 172 Å². The van der Waals surface area contributed by atoms with Gasteiger partial charge in [0.15, 0.2) is 0 Å². The number of aryl methyl sites for hydroxylation is 1. The van der Waals surface area contributed by atoms with Crippen molar-refractivity contribution >= 4 is 5.69 Å². The predicted molar refractivity (Wildman–Crippen MR) is 181 cm³/mol. The molecule has 0 aromatic heterocycles. The molecule has 0 bridgehead atoms. The third kappa shape index (κ3) is 4.90. The Morgan fingerprint density at radius 3 is 2.56 bits per heavy atom. The number of benzene rings is 1. The van der Waals surface area contributed by atoms with Crippen LogP contribution in [0, 0.1) is 64.1 Å². The summed E-state index contributed by atoms with van der Waals surface area (Å²) in [5.41, 5.74) is 2.14. The minimum Gasteiger partial charge on any atom is -0.393 e. The summed E-state index contributed by atoms with van der Waals surface area (Å²) in [6, 6.07) is 9.18. The first kappa shape index (κ1) is 31.1. The Kier molecular flexibility index (Phi) is 7.76. The highest BCUT2D eigenvalue weighted by Gasteiger charge is 2.67. The zero-order valence-electron chi connectivity index (χ0n) is 28.6. The van der Waals surface area contributed by atoms with Crippen molar-refractivity contribution in [2.45, 2.75) is 128 Å². The van der Waals surface area contributed by atoms with Gasteiger partial charge in [-0.2, -0.15) is 0 Å². The summed E-state index contributed by atoms with van der Waals surface area (Å²) in [7, 11) is 1.99. The lowest BCUT2D eigenvalue weighted by atomic mass is 9.46. The number of aliphatic hydroxyl groups is 3. The Morgan fingerprint density at radius 1 is 0.889 bits per heavy atom. The van der Waals surface area contributed by atoms with Crippen LogP contribution in [-0.4, -0.2) is 64.2 Å². The number of aliphatic hydroxyl groups excluding tert-OH is 2. The van der Waals surface area contributed by atoms with Gasteiger partial charge in [-0.15, -0.1) is 0 Å². The van der Waals surface area contributed by atoms with Crippen molar-refractivity contribution < 1.29 is 15.3 Å². The Morgan fingerprint density at radius 2 is 1.73 bits per heavy atom. The summed E-state index contributed by atoms with van der Waals surface area (Å²) < 4.78 is 0. The summed E-state index contributed by atoms with van der Waals surface area (Å²) in [5, 5.41) is 39.1. The van der Waals surface area contributed by atoms with Crippen LogP contribution in [0.3, 0.4) is 0 Å². The summed E-state index contributed by atoms with van der Waals surface area (Å²) in [6.45, 7) is 9.49. The Hall–Kier alpha value is -1.14.